The molecule has 8 heteroatoms. The molecule has 2 aromatic rings. The summed E-state index contributed by atoms with van der Waals surface area (Å²) in [7, 11) is 0.183. The topological polar surface area (TPSA) is 88.6 Å². The number of benzene rings is 1. The van der Waals surface area contributed by atoms with Crippen LogP contribution in [0.4, 0.5) is 11.4 Å². The Balaban J connectivity index is 1.72. The average Bonchev–Trinajstić information content (AvgIpc) is 3.01. The highest BCUT2D eigenvalue weighted by Crippen LogP contribution is 2.22. The third kappa shape index (κ3) is 4.13. The number of hydrogen-bond donors (Lipinski definition) is 1. The molecule has 1 aromatic carbocycles. The van der Waals surface area contributed by atoms with E-state index in [4.69, 9.17) is 4.74 Å². The molecular weight excluding hydrogens is 354 g/mol. The molecule has 1 saturated heterocycles. The first-order valence-electron chi connectivity index (χ1n) is 8.23. The number of nitrogens with one attached hydrogen (secondary N) is 1. The predicted molar refractivity (Wildman–Crippen MR) is 99.7 cm³/mol. The van der Waals surface area contributed by atoms with E-state index in [2.05, 4.69) is 10.3 Å². The second-order valence-electron chi connectivity index (χ2n) is 6.26. The van der Waals surface area contributed by atoms with Gasteiger partial charge in [-0.15, -0.1) is 0 Å². The first-order valence-corrected chi connectivity index (χ1v) is 10.0. The molecule has 0 spiro atoms. The second kappa shape index (κ2) is 7.33. The van der Waals surface area contributed by atoms with Crippen molar-refractivity contribution in [3.8, 4) is 5.75 Å². The van der Waals surface area contributed by atoms with Crippen LogP contribution in [0.15, 0.2) is 42.6 Å². The molecule has 3 rings (SSSR count). The molecule has 2 heterocycles. The van der Waals surface area contributed by atoms with Crippen molar-refractivity contribution in [3.63, 3.8) is 0 Å². The summed E-state index contributed by atoms with van der Waals surface area (Å²) in [5.74, 6) is 0.612. The summed E-state index contributed by atoms with van der Waals surface area (Å²) in [6.07, 6.45) is 2.02. The van der Waals surface area contributed by atoms with Gasteiger partial charge in [-0.1, -0.05) is 0 Å². The van der Waals surface area contributed by atoms with E-state index in [1.807, 2.05) is 24.3 Å². The van der Waals surface area contributed by atoms with E-state index < -0.39 is 9.84 Å². The van der Waals surface area contributed by atoms with Crippen molar-refractivity contribution in [1.29, 1.82) is 0 Å². The summed E-state index contributed by atoms with van der Waals surface area (Å²) in [4.78, 5) is 18.3. The Morgan fingerprint density at radius 1 is 1.23 bits per heavy atom. The van der Waals surface area contributed by atoms with Gasteiger partial charge < -0.3 is 15.0 Å². The first kappa shape index (κ1) is 18.2. The van der Waals surface area contributed by atoms with E-state index >= 15 is 0 Å². The van der Waals surface area contributed by atoms with Crippen LogP contribution in [0.2, 0.25) is 0 Å². The lowest BCUT2D eigenvalue weighted by molar-refractivity contribution is 0.0742. The monoisotopic (exact) mass is 375 g/mol. The van der Waals surface area contributed by atoms with Gasteiger partial charge >= 0.3 is 0 Å². The number of pyridine rings is 1. The molecule has 1 fully saturated rings. The standard InChI is InChI=1S/C18H21N3O4S/c1-21(15-8-10-26(23,24)12-15)18(22)17-11-14(7-9-19-17)20-13-3-5-16(25-2)6-4-13/h3-7,9,11,15H,8,10,12H2,1-2H3,(H,19,20). The minimum absolute atomic E-state index is 0.0129. The molecule has 1 aromatic heterocycles. The summed E-state index contributed by atoms with van der Waals surface area (Å²) >= 11 is 0. The lowest BCUT2D eigenvalue weighted by atomic mass is 10.2. The van der Waals surface area contributed by atoms with E-state index in [1.165, 1.54) is 4.90 Å². The highest BCUT2D eigenvalue weighted by Gasteiger charge is 2.33. The van der Waals surface area contributed by atoms with Crippen LogP contribution in [0.3, 0.4) is 0 Å². The average molecular weight is 375 g/mol. The lowest BCUT2D eigenvalue weighted by Gasteiger charge is -2.23. The van der Waals surface area contributed by atoms with Gasteiger partial charge in [-0.05, 0) is 42.8 Å². The van der Waals surface area contributed by atoms with Crippen LogP contribution in [-0.2, 0) is 9.84 Å². The zero-order chi connectivity index (χ0) is 18.7. The highest BCUT2D eigenvalue weighted by atomic mass is 32.2. The SMILES string of the molecule is COc1ccc(Nc2ccnc(C(=O)N(C)C3CCS(=O)(=O)C3)c2)cc1. The number of nitrogens with zero attached hydrogens (tertiary/aromatic N) is 2. The Bertz CT molecular complexity index is 897. The van der Waals surface area contributed by atoms with Crippen molar-refractivity contribution < 1.29 is 17.9 Å². The smallest absolute Gasteiger partial charge is 0.272 e. The number of rotatable bonds is 5. The largest absolute Gasteiger partial charge is 0.497 e. The quantitative estimate of drug-likeness (QED) is 0.861. The molecule has 0 aliphatic carbocycles. The highest BCUT2D eigenvalue weighted by molar-refractivity contribution is 7.91. The Hall–Kier alpha value is -2.61. The van der Waals surface area contributed by atoms with E-state index in [9.17, 15) is 13.2 Å². The predicted octanol–water partition coefficient (Wildman–Crippen LogP) is 2.09. The van der Waals surface area contributed by atoms with Gasteiger partial charge in [-0.25, -0.2) is 8.42 Å². The summed E-state index contributed by atoms with van der Waals surface area (Å²) in [5, 5.41) is 3.21. The van der Waals surface area contributed by atoms with Gasteiger partial charge in [-0.3, -0.25) is 9.78 Å². The van der Waals surface area contributed by atoms with Gasteiger partial charge in [0.15, 0.2) is 9.84 Å². The molecule has 1 aliphatic rings. The summed E-state index contributed by atoms with van der Waals surface area (Å²) in [6, 6.07) is 10.5. The molecule has 1 unspecified atom stereocenters. The number of ether oxygens (including phenoxy) is 1. The van der Waals surface area contributed by atoms with Crippen LogP contribution in [0.1, 0.15) is 16.9 Å². The number of carbonyl (C=O) groups excluding carboxylic acids is 1. The number of methoxy groups -OCH3 is 1. The van der Waals surface area contributed by atoms with Crippen LogP contribution in [0.25, 0.3) is 0 Å². The fourth-order valence-corrected chi connectivity index (χ4v) is 4.67. The van der Waals surface area contributed by atoms with Crippen molar-refractivity contribution >= 4 is 27.1 Å². The maximum atomic E-state index is 12.7. The number of aromatic nitrogens is 1. The van der Waals surface area contributed by atoms with E-state index in [1.54, 1.807) is 32.5 Å². The van der Waals surface area contributed by atoms with Crippen molar-refractivity contribution in [1.82, 2.24) is 9.88 Å². The minimum atomic E-state index is -3.05. The molecule has 0 saturated carbocycles. The van der Waals surface area contributed by atoms with Crippen molar-refractivity contribution in [2.24, 2.45) is 0 Å². The van der Waals surface area contributed by atoms with Crippen molar-refractivity contribution in [2.45, 2.75) is 12.5 Å². The van der Waals surface area contributed by atoms with Crippen LogP contribution in [0.5, 0.6) is 5.75 Å². The van der Waals surface area contributed by atoms with E-state index in [0.29, 0.717) is 6.42 Å². The van der Waals surface area contributed by atoms with Gasteiger partial charge in [0.2, 0.25) is 0 Å². The zero-order valence-electron chi connectivity index (χ0n) is 14.7. The molecule has 7 nitrogen and oxygen atoms in total. The van der Waals surface area contributed by atoms with Gasteiger partial charge in [0.25, 0.3) is 5.91 Å². The van der Waals surface area contributed by atoms with Gasteiger partial charge in [0.1, 0.15) is 11.4 Å². The van der Waals surface area contributed by atoms with Crippen LogP contribution < -0.4 is 10.1 Å². The molecule has 1 atom stereocenters. The normalized spacial score (nSPS) is 18.3. The molecule has 0 radical (unpaired) electrons. The Kier molecular flexibility index (Phi) is 5.13. The Labute approximate surface area is 152 Å². The molecule has 1 amide bonds. The minimum Gasteiger partial charge on any atom is -0.497 e. The number of sulfone groups is 1. The summed E-state index contributed by atoms with van der Waals surface area (Å²) < 4.78 is 28.4. The number of anilines is 2. The Morgan fingerprint density at radius 3 is 2.58 bits per heavy atom. The molecular formula is C18H21N3O4S. The van der Waals surface area contributed by atoms with E-state index in [0.717, 1.165) is 17.1 Å². The third-order valence-electron chi connectivity index (χ3n) is 4.43. The van der Waals surface area contributed by atoms with Gasteiger partial charge in [0, 0.05) is 30.7 Å². The molecule has 0 bridgehead atoms. The van der Waals surface area contributed by atoms with Gasteiger partial charge in [0.05, 0.1) is 18.6 Å². The molecule has 1 N–H and O–H groups in total. The Morgan fingerprint density at radius 2 is 1.96 bits per heavy atom. The van der Waals surface area contributed by atoms with Crippen LogP contribution in [0, 0.1) is 0 Å². The van der Waals surface area contributed by atoms with Crippen molar-refractivity contribution in [3.05, 3.63) is 48.3 Å². The number of amides is 1. The fraction of sp³-hybridized carbons (Fsp3) is 0.333. The van der Waals surface area contributed by atoms with Crippen LogP contribution >= 0.6 is 0 Å². The van der Waals surface area contributed by atoms with Crippen LogP contribution in [-0.4, -0.2) is 55.9 Å². The number of carbonyl (C=O) groups is 1. The second-order valence-corrected chi connectivity index (χ2v) is 8.48. The van der Waals surface area contributed by atoms with E-state index in [-0.39, 0.29) is 29.1 Å². The summed E-state index contributed by atoms with van der Waals surface area (Å²) in [5.41, 5.74) is 1.85. The third-order valence-corrected chi connectivity index (χ3v) is 6.18. The summed E-state index contributed by atoms with van der Waals surface area (Å²) in [6.45, 7) is 0. The maximum absolute atomic E-state index is 12.7. The maximum Gasteiger partial charge on any atom is 0.272 e. The number of hydrogen-bond acceptors (Lipinski definition) is 6. The zero-order valence-corrected chi connectivity index (χ0v) is 15.5. The molecule has 26 heavy (non-hydrogen) atoms. The molecule has 1 aliphatic heterocycles. The fourth-order valence-electron chi connectivity index (χ4n) is 2.89. The first-order chi connectivity index (χ1) is 12.4. The lowest BCUT2D eigenvalue weighted by Crippen LogP contribution is -2.38. The van der Waals surface area contributed by atoms with Crippen molar-refractivity contribution in [2.75, 3.05) is 31.0 Å². The molecule has 138 valence electrons. The van der Waals surface area contributed by atoms with Gasteiger partial charge in [-0.2, -0.15) is 0 Å².